The second kappa shape index (κ2) is 11.9. The van der Waals surface area contributed by atoms with E-state index in [1.165, 1.54) is 11.8 Å². The third-order valence-corrected chi connectivity index (χ3v) is 8.08. The number of hydrogen-bond donors (Lipinski definition) is 1. The van der Waals surface area contributed by atoms with Gasteiger partial charge in [-0.1, -0.05) is 31.5 Å². The van der Waals surface area contributed by atoms with Gasteiger partial charge in [0, 0.05) is 44.2 Å². The molecule has 0 bridgehead atoms. The Kier molecular flexibility index (Phi) is 8.66. The van der Waals surface area contributed by atoms with Gasteiger partial charge < -0.3 is 15.5 Å². The third-order valence-electron chi connectivity index (χ3n) is 7.12. The first-order valence-corrected chi connectivity index (χ1v) is 13.9. The molecule has 10 heteroatoms. The van der Waals surface area contributed by atoms with Gasteiger partial charge in [0.2, 0.25) is 11.8 Å². The van der Waals surface area contributed by atoms with E-state index in [-0.39, 0.29) is 35.0 Å². The lowest BCUT2D eigenvalue weighted by Gasteiger charge is -2.30. The van der Waals surface area contributed by atoms with Crippen molar-refractivity contribution in [2.45, 2.75) is 63.6 Å². The third kappa shape index (κ3) is 5.91. The van der Waals surface area contributed by atoms with Crippen LogP contribution in [0.1, 0.15) is 62.2 Å². The number of rotatable bonds is 9. The number of piperidine rings is 1. The van der Waals surface area contributed by atoms with Crippen LogP contribution in [0.2, 0.25) is 0 Å². The second-order valence-electron chi connectivity index (χ2n) is 9.64. The molecule has 3 amide bonds. The Morgan fingerprint density at radius 2 is 1.78 bits per heavy atom. The molecule has 1 aromatic carbocycles. The average Bonchev–Trinajstić information content (AvgIpc) is 3.43. The summed E-state index contributed by atoms with van der Waals surface area (Å²) in [5, 5.41) is 0.980. The monoisotopic (exact) mass is 513 g/mol. The van der Waals surface area contributed by atoms with Gasteiger partial charge in [0.15, 0.2) is 5.16 Å². The van der Waals surface area contributed by atoms with Crippen molar-refractivity contribution in [3.63, 3.8) is 0 Å². The highest BCUT2D eigenvalue weighted by Crippen LogP contribution is 2.23. The van der Waals surface area contributed by atoms with Gasteiger partial charge in [-0.15, -0.1) is 0 Å². The molecular formula is C26H35N5O4S. The first-order valence-electron chi connectivity index (χ1n) is 12.9. The number of amides is 3. The first-order chi connectivity index (χ1) is 17.4. The lowest BCUT2D eigenvalue weighted by molar-refractivity contribution is -0.127. The van der Waals surface area contributed by atoms with Crippen LogP contribution in [0.3, 0.4) is 0 Å². The first kappa shape index (κ1) is 26.2. The number of nitrogens with zero attached hydrogens (tertiary/aromatic N) is 4. The van der Waals surface area contributed by atoms with Crippen molar-refractivity contribution in [3.05, 3.63) is 34.1 Å². The van der Waals surface area contributed by atoms with Crippen molar-refractivity contribution in [1.29, 1.82) is 0 Å². The van der Waals surface area contributed by atoms with Crippen LogP contribution in [-0.2, 0) is 16.1 Å². The maximum atomic E-state index is 13.4. The quantitative estimate of drug-likeness (QED) is 0.313. The summed E-state index contributed by atoms with van der Waals surface area (Å²) < 4.78 is 1.68. The topological polar surface area (TPSA) is 119 Å². The van der Waals surface area contributed by atoms with Crippen LogP contribution in [-0.4, -0.2) is 69.0 Å². The van der Waals surface area contributed by atoms with Crippen LogP contribution in [0, 0.1) is 5.92 Å². The highest BCUT2D eigenvalue weighted by molar-refractivity contribution is 7.99. The number of primary amides is 1. The van der Waals surface area contributed by atoms with Gasteiger partial charge in [-0.05, 0) is 50.3 Å². The highest BCUT2D eigenvalue weighted by atomic mass is 32.2. The number of unbranched alkanes of at least 4 members (excludes halogenated alkanes) is 2. The zero-order valence-electron chi connectivity index (χ0n) is 20.9. The zero-order valence-corrected chi connectivity index (χ0v) is 21.7. The van der Waals surface area contributed by atoms with Gasteiger partial charge in [0.1, 0.15) is 0 Å². The molecule has 2 aliphatic heterocycles. The number of carbonyl (C=O) groups is 3. The summed E-state index contributed by atoms with van der Waals surface area (Å²) in [5.74, 6) is -0.358. The molecule has 0 aliphatic carbocycles. The highest BCUT2D eigenvalue weighted by Gasteiger charge is 2.27. The smallest absolute Gasteiger partial charge is 0.262 e. The van der Waals surface area contributed by atoms with Crippen molar-refractivity contribution in [2.75, 3.05) is 31.9 Å². The number of nitrogens with two attached hydrogens (primary N) is 1. The minimum absolute atomic E-state index is 0.0650. The van der Waals surface area contributed by atoms with Crippen molar-refractivity contribution < 1.29 is 14.4 Å². The molecule has 0 atom stereocenters. The van der Waals surface area contributed by atoms with E-state index in [0.29, 0.717) is 54.1 Å². The summed E-state index contributed by atoms with van der Waals surface area (Å²) in [7, 11) is 0. The number of aromatic nitrogens is 2. The summed E-state index contributed by atoms with van der Waals surface area (Å²) in [6.07, 6.45) is 6.07. The van der Waals surface area contributed by atoms with E-state index in [4.69, 9.17) is 10.7 Å². The number of benzene rings is 1. The van der Waals surface area contributed by atoms with Gasteiger partial charge in [-0.3, -0.25) is 23.7 Å². The molecule has 2 aliphatic rings. The maximum absolute atomic E-state index is 13.4. The number of thioether (sulfide) groups is 1. The van der Waals surface area contributed by atoms with Gasteiger partial charge in [-0.2, -0.15) is 0 Å². The van der Waals surface area contributed by atoms with E-state index in [9.17, 15) is 19.2 Å². The number of likely N-dealkylation sites (tertiary alicyclic amines) is 2. The molecule has 3 heterocycles. The van der Waals surface area contributed by atoms with Crippen molar-refractivity contribution in [3.8, 4) is 0 Å². The molecule has 0 saturated carbocycles. The molecule has 2 fully saturated rings. The van der Waals surface area contributed by atoms with Crippen LogP contribution in [0.15, 0.2) is 28.2 Å². The average molecular weight is 514 g/mol. The summed E-state index contributed by atoms with van der Waals surface area (Å²) in [6, 6.07) is 5.02. The largest absolute Gasteiger partial charge is 0.369 e. The minimum atomic E-state index is -0.319. The molecule has 2 aromatic rings. The fourth-order valence-electron chi connectivity index (χ4n) is 4.89. The van der Waals surface area contributed by atoms with Crippen LogP contribution < -0.4 is 11.3 Å². The van der Waals surface area contributed by atoms with Gasteiger partial charge >= 0.3 is 0 Å². The molecule has 194 valence electrons. The molecule has 0 radical (unpaired) electrons. The molecule has 0 spiro atoms. The Morgan fingerprint density at radius 3 is 2.44 bits per heavy atom. The summed E-state index contributed by atoms with van der Waals surface area (Å²) >= 11 is 1.30. The molecule has 0 unspecified atom stereocenters. The normalized spacial score (nSPS) is 16.6. The van der Waals surface area contributed by atoms with Gasteiger partial charge in [0.05, 0.1) is 16.7 Å². The predicted octanol–water partition coefficient (Wildman–Crippen LogP) is 2.64. The Morgan fingerprint density at radius 1 is 1.06 bits per heavy atom. The number of carbonyl (C=O) groups excluding carboxylic acids is 3. The lowest BCUT2D eigenvalue weighted by Crippen LogP contribution is -2.41. The Balaban J connectivity index is 1.58. The van der Waals surface area contributed by atoms with E-state index < -0.39 is 0 Å². The van der Waals surface area contributed by atoms with E-state index in [2.05, 4.69) is 6.92 Å². The zero-order chi connectivity index (χ0) is 25.7. The van der Waals surface area contributed by atoms with Crippen molar-refractivity contribution in [1.82, 2.24) is 19.4 Å². The molecule has 2 saturated heterocycles. The predicted molar refractivity (Wildman–Crippen MR) is 140 cm³/mol. The van der Waals surface area contributed by atoms with Crippen LogP contribution in [0.5, 0.6) is 0 Å². The Hall–Kier alpha value is -2.88. The molecule has 4 rings (SSSR count). The van der Waals surface area contributed by atoms with Crippen molar-refractivity contribution in [2.24, 2.45) is 11.7 Å². The molecule has 2 N–H and O–H groups in total. The van der Waals surface area contributed by atoms with E-state index in [0.717, 1.165) is 45.2 Å². The van der Waals surface area contributed by atoms with Crippen LogP contribution in [0.4, 0.5) is 0 Å². The minimum Gasteiger partial charge on any atom is -0.369 e. The molecule has 36 heavy (non-hydrogen) atoms. The van der Waals surface area contributed by atoms with E-state index in [1.54, 1.807) is 27.7 Å². The number of hydrogen-bond acceptors (Lipinski definition) is 6. The Labute approximate surface area is 215 Å². The summed E-state index contributed by atoms with van der Waals surface area (Å²) in [5.41, 5.74) is 6.18. The SMILES string of the molecule is CCCCCn1c(SCC(=O)N2CCCC2)nc2cc(C(=O)N3CCC(C(N)=O)CC3)ccc2c1=O. The maximum Gasteiger partial charge on any atom is 0.262 e. The fourth-order valence-corrected chi connectivity index (χ4v) is 5.82. The van der Waals surface area contributed by atoms with Crippen LogP contribution in [0.25, 0.3) is 10.9 Å². The van der Waals surface area contributed by atoms with Gasteiger partial charge in [0.25, 0.3) is 11.5 Å². The lowest BCUT2D eigenvalue weighted by atomic mass is 9.96. The number of fused-ring (bicyclic) bond motifs is 1. The van der Waals surface area contributed by atoms with Gasteiger partial charge in [-0.25, -0.2) is 4.98 Å². The molecular weight excluding hydrogens is 478 g/mol. The van der Waals surface area contributed by atoms with E-state index >= 15 is 0 Å². The summed E-state index contributed by atoms with van der Waals surface area (Å²) in [4.78, 5) is 59.0. The molecule has 9 nitrogen and oxygen atoms in total. The van der Waals surface area contributed by atoms with Crippen molar-refractivity contribution >= 4 is 40.4 Å². The van der Waals surface area contributed by atoms with Crippen LogP contribution >= 0.6 is 11.8 Å². The molecule has 1 aromatic heterocycles. The standard InChI is InChI=1S/C26H35N5O4S/c1-2-3-4-13-31-25(35)20-8-7-19(24(34)30-14-9-18(10-15-30)23(27)33)16-21(20)28-26(31)36-17-22(32)29-11-5-6-12-29/h7-8,16,18H,2-6,9-15,17H2,1H3,(H2,27,33). The fraction of sp³-hybridized carbons (Fsp3) is 0.577. The summed E-state index contributed by atoms with van der Waals surface area (Å²) in [6.45, 7) is 5.17. The Bertz CT molecular complexity index is 1180. The second-order valence-corrected chi connectivity index (χ2v) is 10.6. The van der Waals surface area contributed by atoms with E-state index in [1.807, 2.05) is 4.90 Å².